The average Bonchev–Trinajstić information content (AvgIpc) is 2.17. The fraction of sp³-hybridized carbons (Fsp3) is 0.800. The Kier molecular flexibility index (Phi) is 9.12. The molecule has 0 rings (SSSR count). The second kappa shape index (κ2) is 9.93. The highest BCUT2D eigenvalue weighted by Crippen LogP contribution is 2.03. The van der Waals surface area contributed by atoms with Crippen molar-refractivity contribution in [2.24, 2.45) is 4.99 Å². The van der Waals surface area contributed by atoms with E-state index in [1.807, 2.05) is 0 Å². The lowest BCUT2D eigenvalue weighted by Gasteiger charge is -2.00. The minimum absolute atomic E-state index is 0.126. The lowest BCUT2D eigenvalue weighted by Crippen LogP contribution is -2.03. The van der Waals surface area contributed by atoms with Gasteiger partial charge in [-0.15, -0.1) is 0 Å². The maximum absolute atomic E-state index is 10.9. The van der Waals surface area contributed by atoms with Gasteiger partial charge >= 0.3 is 5.97 Å². The van der Waals surface area contributed by atoms with Crippen LogP contribution in [-0.2, 0) is 14.3 Å². The summed E-state index contributed by atoms with van der Waals surface area (Å²) in [5.74, 6) is -0.126. The first-order valence-corrected chi connectivity index (χ1v) is 5.00. The molecule has 14 heavy (non-hydrogen) atoms. The van der Waals surface area contributed by atoms with Gasteiger partial charge in [0.15, 0.2) is 0 Å². The molecule has 0 heterocycles. The quantitative estimate of drug-likeness (QED) is 0.259. The van der Waals surface area contributed by atoms with Crippen molar-refractivity contribution in [1.82, 2.24) is 0 Å². The van der Waals surface area contributed by atoms with Crippen LogP contribution in [0.2, 0.25) is 0 Å². The van der Waals surface area contributed by atoms with E-state index >= 15 is 0 Å². The summed E-state index contributed by atoms with van der Waals surface area (Å²) in [6.07, 6.45) is 5.69. The Balaban J connectivity index is 3.13. The molecule has 4 nitrogen and oxygen atoms in total. The zero-order chi connectivity index (χ0) is 10.6. The summed E-state index contributed by atoms with van der Waals surface area (Å²) in [5.41, 5.74) is 0. The SMILES string of the molecule is CCOC(=O)CCCCCCN=C=O. The van der Waals surface area contributed by atoms with Crippen LogP contribution in [0.15, 0.2) is 4.99 Å². The smallest absolute Gasteiger partial charge is 0.305 e. The van der Waals surface area contributed by atoms with Gasteiger partial charge in [0.2, 0.25) is 6.08 Å². The number of isocyanates is 1. The third-order valence-electron chi connectivity index (χ3n) is 1.77. The predicted octanol–water partition coefficient (Wildman–Crippen LogP) is 1.84. The molecule has 0 unspecified atom stereocenters. The van der Waals surface area contributed by atoms with E-state index in [2.05, 4.69) is 4.99 Å². The summed E-state index contributed by atoms with van der Waals surface area (Å²) in [4.78, 5) is 24.0. The molecule has 80 valence electrons. The standard InChI is InChI=1S/C10H17NO3/c1-2-14-10(13)7-5-3-4-6-8-11-9-12/h2-8H2,1H3. The highest BCUT2D eigenvalue weighted by molar-refractivity contribution is 5.69. The molecule has 0 aromatic rings. The van der Waals surface area contributed by atoms with Crippen molar-refractivity contribution in [2.45, 2.75) is 39.0 Å². The van der Waals surface area contributed by atoms with Gasteiger partial charge < -0.3 is 4.74 Å². The lowest BCUT2D eigenvalue weighted by atomic mass is 10.1. The molecule has 0 spiro atoms. The molecule has 0 amide bonds. The Morgan fingerprint density at radius 3 is 2.64 bits per heavy atom. The van der Waals surface area contributed by atoms with Crippen molar-refractivity contribution >= 4 is 12.0 Å². The first-order valence-electron chi connectivity index (χ1n) is 5.00. The Hall–Kier alpha value is -1.15. The zero-order valence-corrected chi connectivity index (χ0v) is 8.62. The average molecular weight is 199 g/mol. The summed E-state index contributed by atoms with van der Waals surface area (Å²) >= 11 is 0. The van der Waals surface area contributed by atoms with E-state index in [1.54, 1.807) is 6.92 Å². The van der Waals surface area contributed by atoms with E-state index < -0.39 is 0 Å². The van der Waals surface area contributed by atoms with Crippen LogP contribution in [0, 0.1) is 0 Å². The van der Waals surface area contributed by atoms with Gasteiger partial charge in [-0.2, -0.15) is 0 Å². The number of nitrogens with zero attached hydrogens (tertiary/aromatic N) is 1. The summed E-state index contributed by atoms with van der Waals surface area (Å²) in [6.45, 7) is 2.80. The topological polar surface area (TPSA) is 55.7 Å². The van der Waals surface area contributed by atoms with Gasteiger partial charge in [-0.25, -0.2) is 9.79 Å². The monoisotopic (exact) mass is 199 g/mol. The molecule has 4 heteroatoms. The number of carbonyl (C=O) groups excluding carboxylic acids is 2. The van der Waals surface area contributed by atoms with Crippen molar-refractivity contribution in [3.05, 3.63) is 0 Å². The second-order valence-corrected chi connectivity index (χ2v) is 2.94. The minimum Gasteiger partial charge on any atom is -0.466 e. The third-order valence-corrected chi connectivity index (χ3v) is 1.77. The molecule has 0 aliphatic heterocycles. The van der Waals surface area contributed by atoms with E-state index in [1.165, 1.54) is 6.08 Å². The van der Waals surface area contributed by atoms with Gasteiger partial charge in [-0.1, -0.05) is 12.8 Å². The summed E-state index contributed by atoms with van der Waals surface area (Å²) in [6, 6.07) is 0. The van der Waals surface area contributed by atoms with Gasteiger partial charge in [0.1, 0.15) is 0 Å². The maximum atomic E-state index is 10.9. The third kappa shape index (κ3) is 8.94. The Morgan fingerprint density at radius 2 is 2.00 bits per heavy atom. The molecular weight excluding hydrogens is 182 g/mol. The molecule has 0 aromatic carbocycles. The van der Waals surface area contributed by atoms with Gasteiger partial charge in [-0.05, 0) is 19.8 Å². The Labute approximate surface area is 84.4 Å². The number of esters is 1. The molecule has 0 aromatic heterocycles. The molecule has 0 atom stereocenters. The highest BCUT2D eigenvalue weighted by atomic mass is 16.5. The zero-order valence-electron chi connectivity index (χ0n) is 8.62. The van der Waals surface area contributed by atoms with Gasteiger partial charge in [0, 0.05) is 6.42 Å². The van der Waals surface area contributed by atoms with Crippen LogP contribution in [-0.4, -0.2) is 25.2 Å². The minimum atomic E-state index is -0.126. The van der Waals surface area contributed by atoms with Gasteiger partial charge in [-0.3, -0.25) is 4.79 Å². The normalized spacial score (nSPS) is 9.21. The molecule has 0 bridgehead atoms. The fourth-order valence-electron chi connectivity index (χ4n) is 1.09. The van der Waals surface area contributed by atoms with Crippen LogP contribution >= 0.6 is 0 Å². The second-order valence-electron chi connectivity index (χ2n) is 2.94. The highest BCUT2D eigenvalue weighted by Gasteiger charge is 1.99. The summed E-state index contributed by atoms with van der Waals surface area (Å²) in [7, 11) is 0. The van der Waals surface area contributed by atoms with Crippen molar-refractivity contribution in [3.63, 3.8) is 0 Å². The van der Waals surface area contributed by atoms with Crippen LogP contribution < -0.4 is 0 Å². The molecule has 0 aliphatic carbocycles. The van der Waals surface area contributed by atoms with Crippen molar-refractivity contribution in [3.8, 4) is 0 Å². The van der Waals surface area contributed by atoms with Crippen LogP contribution in [0.5, 0.6) is 0 Å². The Morgan fingerprint density at radius 1 is 1.29 bits per heavy atom. The van der Waals surface area contributed by atoms with Crippen molar-refractivity contribution < 1.29 is 14.3 Å². The molecule has 0 saturated heterocycles. The number of rotatable bonds is 8. The number of aliphatic imine (C=N–C) groups is 1. The van der Waals surface area contributed by atoms with E-state index in [4.69, 9.17) is 4.74 Å². The number of hydrogen-bond donors (Lipinski definition) is 0. The van der Waals surface area contributed by atoms with Gasteiger partial charge in [0.25, 0.3) is 0 Å². The Bertz CT molecular complexity index is 198. The summed E-state index contributed by atoms with van der Waals surface area (Å²) < 4.78 is 4.78. The molecule has 0 fully saturated rings. The van der Waals surface area contributed by atoms with Crippen molar-refractivity contribution in [1.29, 1.82) is 0 Å². The molecular formula is C10H17NO3. The first-order chi connectivity index (χ1) is 6.81. The van der Waals surface area contributed by atoms with E-state index in [-0.39, 0.29) is 5.97 Å². The molecule has 0 radical (unpaired) electrons. The number of hydrogen-bond acceptors (Lipinski definition) is 4. The largest absolute Gasteiger partial charge is 0.466 e. The lowest BCUT2D eigenvalue weighted by molar-refractivity contribution is -0.143. The number of ether oxygens (including phenoxy) is 1. The predicted molar refractivity (Wildman–Crippen MR) is 52.7 cm³/mol. The maximum Gasteiger partial charge on any atom is 0.305 e. The first kappa shape index (κ1) is 12.8. The van der Waals surface area contributed by atoms with Crippen LogP contribution in [0.3, 0.4) is 0 Å². The van der Waals surface area contributed by atoms with E-state index in [9.17, 15) is 9.59 Å². The van der Waals surface area contributed by atoms with E-state index in [0.717, 1.165) is 25.7 Å². The number of unbranched alkanes of at least 4 members (excludes halogenated alkanes) is 3. The molecule has 0 saturated carbocycles. The van der Waals surface area contributed by atoms with Crippen LogP contribution in [0.25, 0.3) is 0 Å². The van der Waals surface area contributed by atoms with Crippen molar-refractivity contribution in [2.75, 3.05) is 13.2 Å². The molecule has 0 N–H and O–H groups in total. The molecule has 0 aliphatic rings. The van der Waals surface area contributed by atoms with Crippen LogP contribution in [0.1, 0.15) is 39.0 Å². The summed E-state index contributed by atoms with van der Waals surface area (Å²) in [5, 5.41) is 0. The van der Waals surface area contributed by atoms with Gasteiger partial charge in [0.05, 0.1) is 13.2 Å². The van der Waals surface area contributed by atoms with E-state index in [0.29, 0.717) is 19.6 Å². The fourth-order valence-corrected chi connectivity index (χ4v) is 1.09. The number of carbonyl (C=O) groups is 1. The van der Waals surface area contributed by atoms with Crippen LogP contribution in [0.4, 0.5) is 0 Å².